The minimum Gasteiger partial charge on any atom is -0.481 e. The van der Waals surface area contributed by atoms with Gasteiger partial charge in [-0.1, -0.05) is 290 Å². The molecule has 63 heavy (non-hydrogen) atoms. The number of hydrogen-bond acceptors (Lipinski definition) is 3. The second-order valence-electron chi connectivity index (χ2n) is 18.3. The summed E-state index contributed by atoms with van der Waals surface area (Å²) >= 11 is 0. The van der Waals surface area contributed by atoms with Crippen molar-refractivity contribution in [3.63, 3.8) is 0 Å². The Bertz CT molecular complexity index is 727. The summed E-state index contributed by atoms with van der Waals surface area (Å²) in [6, 6.07) is 0. The van der Waals surface area contributed by atoms with Crippen molar-refractivity contribution in [2.75, 3.05) is 0 Å². The minimum absolute atomic E-state index is 0. The fourth-order valence-electron chi connectivity index (χ4n) is 7.94. The second kappa shape index (κ2) is 71.7. The summed E-state index contributed by atoms with van der Waals surface area (Å²) in [4.78, 5) is 31.0. The van der Waals surface area contributed by atoms with Gasteiger partial charge in [0.25, 0.3) is 0 Å². The van der Waals surface area contributed by atoms with E-state index < -0.39 is 17.9 Å². The topological polar surface area (TPSA) is 112 Å². The van der Waals surface area contributed by atoms with E-state index in [-0.39, 0.29) is 69.2 Å². The van der Waals surface area contributed by atoms with Crippen LogP contribution in [0.1, 0.15) is 329 Å². The minimum atomic E-state index is -0.653. The Balaban J connectivity index is -0.000000189. The van der Waals surface area contributed by atoms with Crippen molar-refractivity contribution < 1.29 is 29.7 Å². The summed E-state index contributed by atoms with van der Waals surface area (Å²) < 4.78 is 0. The molecule has 0 aromatic rings. The Morgan fingerprint density at radius 2 is 0.302 bits per heavy atom. The first-order chi connectivity index (χ1) is 29.3. The molecule has 6 nitrogen and oxygen atoms in total. The molecule has 0 aliphatic heterocycles. The molecule has 0 fully saturated rings. The van der Waals surface area contributed by atoms with Crippen molar-refractivity contribution in [3.05, 3.63) is 0 Å². The molecule has 0 spiro atoms. The zero-order valence-corrected chi connectivity index (χ0v) is 41.0. The van der Waals surface area contributed by atoms with Crippen molar-refractivity contribution in [3.8, 4) is 0 Å². The van der Waals surface area contributed by atoms with Gasteiger partial charge in [0.05, 0.1) is 0 Å². The summed E-state index contributed by atoms with van der Waals surface area (Å²) in [6.45, 7) is 6.81. The van der Waals surface area contributed by atoms with Crippen LogP contribution in [0, 0.1) is 0 Å². The molecule has 0 unspecified atom stereocenters. The lowest BCUT2D eigenvalue weighted by atomic mass is 10.0. The molecular weight excluding hydrogens is 818 g/mol. The third-order valence-corrected chi connectivity index (χ3v) is 12.0. The monoisotopic (exact) mass is 931 g/mol. The highest BCUT2D eigenvalue weighted by Gasteiger charge is 2.00. The summed E-state index contributed by atoms with van der Waals surface area (Å²) in [5, 5.41) is 25.6. The first-order valence-corrected chi connectivity index (χ1v) is 27.0. The van der Waals surface area contributed by atoms with Crippen molar-refractivity contribution in [2.45, 2.75) is 329 Å². The SMILES string of the molecule is CCCCCCCCCCCCCCCCCC(=O)O.CCCCCCCCCCCCCCCCCC(=O)O.CCCCCCCCCCCCCCCCCC(=O)O.[MgH2].[MgH2].[MgH2]. The highest BCUT2D eigenvalue weighted by molar-refractivity contribution is 5.76. The van der Waals surface area contributed by atoms with Gasteiger partial charge in [-0.3, -0.25) is 14.4 Å². The van der Waals surface area contributed by atoms with Crippen LogP contribution in [0.5, 0.6) is 0 Å². The molecule has 0 heterocycles. The second-order valence-corrected chi connectivity index (χ2v) is 18.3. The number of rotatable bonds is 48. The lowest BCUT2D eigenvalue weighted by molar-refractivity contribution is -0.138. The Kier molecular flexibility index (Phi) is 85.6. The van der Waals surface area contributed by atoms with Crippen molar-refractivity contribution >= 4 is 87.1 Å². The molecule has 0 aromatic carbocycles. The first kappa shape index (κ1) is 75.2. The van der Waals surface area contributed by atoms with Crippen LogP contribution < -0.4 is 0 Å². The van der Waals surface area contributed by atoms with Crippen LogP contribution in [0.4, 0.5) is 0 Å². The van der Waals surface area contributed by atoms with E-state index in [0.29, 0.717) is 19.3 Å². The van der Waals surface area contributed by atoms with Gasteiger partial charge in [-0.25, -0.2) is 0 Å². The van der Waals surface area contributed by atoms with Gasteiger partial charge in [-0.05, 0) is 19.3 Å². The predicted octanol–water partition coefficient (Wildman–Crippen LogP) is 16.2. The summed E-state index contributed by atoms with van der Waals surface area (Å²) in [5.41, 5.74) is 0. The molecule has 0 amide bonds. The molecule has 0 aliphatic carbocycles. The van der Waals surface area contributed by atoms with Crippen molar-refractivity contribution in [2.24, 2.45) is 0 Å². The average Bonchev–Trinajstić information content (AvgIpc) is 3.22. The molecule has 0 atom stereocenters. The highest BCUT2D eigenvalue weighted by atomic mass is 24.3. The van der Waals surface area contributed by atoms with Gasteiger partial charge in [-0.15, -0.1) is 0 Å². The van der Waals surface area contributed by atoms with Crippen LogP contribution in [0.3, 0.4) is 0 Å². The van der Waals surface area contributed by atoms with Gasteiger partial charge in [0.2, 0.25) is 0 Å². The molecule has 372 valence electrons. The van der Waals surface area contributed by atoms with E-state index >= 15 is 0 Å². The molecule has 9 heteroatoms. The maximum absolute atomic E-state index is 10.3. The number of carbonyl (C=O) groups is 3. The van der Waals surface area contributed by atoms with Gasteiger partial charge < -0.3 is 15.3 Å². The van der Waals surface area contributed by atoms with Gasteiger partial charge in [0, 0.05) is 19.3 Å². The third kappa shape index (κ3) is 86.4. The molecule has 0 bridgehead atoms. The molecular formula is C54H114Mg3O6. The summed E-state index contributed by atoms with van der Waals surface area (Å²) in [7, 11) is 0. The lowest BCUT2D eigenvalue weighted by Gasteiger charge is -2.03. The Hall–Kier alpha value is 0.709. The van der Waals surface area contributed by atoms with Gasteiger partial charge >= 0.3 is 87.1 Å². The average molecular weight is 932 g/mol. The zero-order valence-electron chi connectivity index (χ0n) is 41.0. The molecule has 0 saturated heterocycles. The number of unbranched alkanes of at least 4 members (excludes halogenated alkanes) is 42. The summed E-state index contributed by atoms with van der Waals surface area (Å²) in [6.07, 6.45) is 60.6. The number of aliphatic carboxylic acids is 3. The zero-order chi connectivity index (χ0) is 44.7. The largest absolute Gasteiger partial charge is 0.481 e. The fourth-order valence-corrected chi connectivity index (χ4v) is 7.94. The van der Waals surface area contributed by atoms with Gasteiger partial charge in [-0.2, -0.15) is 0 Å². The van der Waals surface area contributed by atoms with Crippen LogP contribution >= 0.6 is 0 Å². The molecule has 0 rings (SSSR count). The first-order valence-electron chi connectivity index (χ1n) is 27.0. The van der Waals surface area contributed by atoms with E-state index in [1.54, 1.807) is 0 Å². The standard InChI is InChI=1S/3C18H36O2.3Mg.6H/c3*1-2-3-4-5-6-7-8-9-10-11-12-13-14-15-16-17-18(19)20;;;;;;;;;/h3*2-17H2,1H3,(H,19,20);;;;;;;;;. The smallest absolute Gasteiger partial charge is 0.316 e. The van der Waals surface area contributed by atoms with E-state index in [1.165, 1.54) is 250 Å². The van der Waals surface area contributed by atoms with E-state index in [4.69, 9.17) is 15.3 Å². The van der Waals surface area contributed by atoms with E-state index in [0.717, 1.165) is 38.5 Å². The van der Waals surface area contributed by atoms with Crippen LogP contribution in [-0.2, 0) is 14.4 Å². The fraction of sp³-hybridized carbons (Fsp3) is 0.944. The summed E-state index contributed by atoms with van der Waals surface area (Å²) in [5.74, 6) is -1.96. The highest BCUT2D eigenvalue weighted by Crippen LogP contribution is 2.16. The van der Waals surface area contributed by atoms with Gasteiger partial charge in [0.15, 0.2) is 0 Å². The van der Waals surface area contributed by atoms with Crippen LogP contribution in [-0.4, -0.2) is 102 Å². The Morgan fingerprint density at radius 3 is 0.397 bits per heavy atom. The van der Waals surface area contributed by atoms with Gasteiger partial charge in [0.1, 0.15) is 0 Å². The van der Waals surface area contributed by atoms with Crippen molar-refractivity contribution in [1.82, 2.24) is 0 Å². The number of carboxylic acids is 3. The van der Waals surface area contributed by atoms with E-state index in [2.05, 4.69) is 20.8 Å². The van der Waals surface area contributed by atoms with Crippen molar-refractivity contribution in [1.29, 1.82) is 0 Å². The van der Waals surface area contributed by atoms with E-state index in [9.17, 15) is 14.4 Å². The van der Waals surface area contributed by atoms with Crippen LogP contribution in [0.25, 0.3) is 0 Å². The maximum Gasteiger partial charge on any atom is 0.316 e. The molecule has 0 radical (unpaired) electrons. The number of carboxylic acid groups (broad SMARTS) is 3. The molecule has 3 N–H and O–H groups in total. The lowest BCUT2D eigenvalue weighted by Crippen LogP contribution is -1.93. The Labute approximate surface area is 442 Å². The van der Waals surface area contributed by atoms with E-state index in [1.807, 2.05) is 0 Å². The quantitative estimate of drug-likeness (QED) is 0.0414. The molecule has 0 aliphatic rings. The predicted molar refractivity (Wildman–Crippen MR) is 287 cm³/mol. The number of hydrogen-bond donors (Lipinski definition) is 3. The van der Waals surface area contributed by atoms with Crippen LogP contribution in [0.2, 0.25) is 0 Å². The molecule has 0 aromatic heterocycles. The third-order valence-electron chi connectivity index (χ3n) is 12.0. The molecule has 0 saturated carbocycles. The maximum atomic E-state index is 10.3. The van der Waals surface area contributed by atoms with Crippen LogP contribution in [0.15, 0.2) is 0 Å². The normalized spacial score (nSPS) is 10.3. The Morgan fingerprint density at radius 1 is 0.206 bits per heavy atom.